The predicted octanol–water partition coefficient (Wildman–Crippen LogP) is 3.65. The minimum absolute atomic E-state index is 0.276. The first-order valence-electron chi connectivity index (χ1n) is 8.04. The zero-order valence-electron chi connectivity index (χ0n) is 15.6. The monoisotopic (exact) mass is 390 g/mol. The van der Waals surface area contributed by atoms with Gasteiger partial charge in [0.25, 0.3) is 0 Å². The summed E-state index contributed by atoms with van der Waals surface area (Å²) in [4.78, 5) is 0. The molecule has 0 aromatic rings. The van der Waals surface area contributed by atoms with Gasteiger partial charge in [0.2, 0.25) is 0 Å². The zero-order chi connectivity index (χ0) is 16.0. The Hall–Kier alpha value is 0.679. The molecule has 0 atom stereocenters. The molecule has 1 radical (unpaired) electrons. The second-order valence-corrected chi connectivity index (χ2v) is 14.5. The third-order valence-electron chi connectivity index (χ3n) is 3.97. The first-order valence-corrected chi connectivity index (χ1v) is 11.9. The first-order chi connectivity index (χ1) is 8.80. The molecule has 4 heteroatoms. The van der Waals surface area contributed by atoms with Gasteiger partial charge in [-0.3, -0.25) is 0 Å². The van der Waals surface area contributed by atoms with Crippen molar-refractivity contribution in [3.63, 3.8) is 0 Å². The fraction of sp³-hybridized carbons (Fsp3) is 1.00. The Kier molecular flexibility index (Phi) is 5.67. The van der Waals surface area contributed by atoms with Gasteiger partial charge in [-0.05, 0) is 0 Å². The van der Waals surface area contributed by atoms with E-state index in [0.29, 0.717) is 18.2 Å². The summed E-state index contributed by atoms with van der Waals surface area (Å²) >= 11 is -1.96. The van der Waals surface area contributed by atoms with Crippen LogP contribution in [0.3, 0.4) is 0 Å². The molecule has 0 aromatic carbocycles. The van der Waals surface area contributed by atoms with E-state index < -0.39 is 20.6 Å². The molecule has 0 spiro atoms. The van der Waals surface area contributed by atoms with Crippen molar-refractivity contribution in [3.8, 4) is 0 Å². The van der Waals surface area contributed by atoms with Crippen molar-refractivity contribution >= 4 is 20.6 Å². The SMILES string of the molecule is CC(C)[N](C(C)C)[Sn]1[N](C(C)(C)C)C(C)[N]1C(C)(C)C. The molecule has 3 nitrogen and oxygen atoms in total. The Bertz CT molecular complexity index is 295. The zero-order valence-corrected chi connectivity index (χ0v) is 18.4. The van der Waals surface area contributed by atoms with Gasteiger partial charge in [0, 0.05) is 0 Å². The Morgan fingerprint density at radius 1 is 0.800 bits per heavy atom. The van der Waals surface area contributed by atoms with Crippen LogP contribution >= 0.6 is 0 Å². The first kappa shape index (κ1) is 18.7. The van der Waals surface area contributed by atoms with Crippen molar-refractivity contribution in [3.05, 3.63) is 0 Å². The van der Waals surface area contributed by atoms with Gasteiger partial charge >= 0.3 is 135 Å². The second kappa shape index (κ2) is 6.05. The van der Waals surface area contributed by atoms with Crippen molar-refractivity contribution in [1.29, 1.82) is 0 Å². The summed E-state index contributed by atoms with van der Waals surface area (Å²) in [6.45, 7) is 26.1. The third kappa shape index (κ3) is 3.53. The Labute approximate surface area is 135 Å². The number of hydrogen-bond donors (Lipinski definition) is 0. The van der Waals surface area contributed by atoms with Crippen LogP contribution < -0.4 is 0 Å². The molecule has 0 aliphatic carbocycles. The molecule has 0 bridgehead atoms. The van der Waals surface area contributed by atoms with E-state index in [1.165, 1.54) is 0 Å². The Morgan fingerprint density at radius 3 is 1.30 bits per heavy atom. The molecule has 0 N–H and O–H groups in total. The molecule has 0 saturated carbocycles. The van der Waals surface area contributed by atoms with Crippen molar-refractivity contribution in [2.45, 2.75) is 105 Å². The fourth-order valence-corrected chi connectivity index (χ4v) is 13.8. The number of rotatable bonds is 3. The molecular formula is C16H36N3Sn. The van der Waals surface area contributed by atoms with E-state index >= 15 is 0 Å². The van der Waals surface area contributed by atoms with Crippen LogP contribution in [-0.2, 0) is 0 Å². The van der Waals surface area contributed by atoms with Crippen LogP contribution in [0.2, 0.25) is 0 Å². The maximum atomic E-state index is 2.85. The van der Waals surface area contributed by atoms with Crippen LogP contribution in [0.4, 0.5) is 0 Å². The molecule has 1 rings (SSSR count). The van der Waals surface area contributed by atoms with Crippen LogP contribution in [-0.4, -0.2) is 59.3 Å². The minimum atomic E-state index is -1.96. The van der Waals surface area contributed by atoms with E-state index in [0.717, 1.165) is 0 Å². The average Bonchev–Trinajstić information content (AvgIpc) is 2.09. The number of hydrogen-bond acceptors (Lipinski definition) is 3. The van der Waals surface area contributed by atoms with E-state index in [4.69, 9.17) is 0 Å². The van der Waals surface area contributed by atoms with E-state index in [9.17, 15) is 0 Å². The molecule has 1 fully saturated rings. The normalized spacial score (nSPS) is 21.3. The molecule has 0 unspecified atom stereocenters. The van der Waals surface area contributed by atoms with Gasteiger partial charge in [-0.15, -0.1) is 0 Å². The maximum absolute atomic E-state index is 2.85. The van der Waals surface area contributed by atoms with E-state index in [2.05, 4.69) is 85.5 Å². The summed E-state index contributed by atoms with van der Waals surface area (Å²) in [7, 11) is 0. The summed E-state index contributed by atoms with van der Waals surface area (Å²) in [6.07, 6.45) is 0.574. The van der Waals surface area contributed by atoms with Gasteiger partial charge in [0.05, 0.1) is 0 Å². The van der Waals surface area contributed by atoms with Crippen LogP contribution in [0.5, 0.6) is 0 Å². The van der Waals surface area contributed by atoms with Crippen molar-refractivity contribution in [2.75, 3.05) is 0 Å². The van der Waals surface area contributed by atoms with Gasteiger partial charge < -0.3 is 0 Å². The Balaban J connectivity index is 3.18. The molecule has 119 valence electrons. The van der Waals surface area contributed by atoms with E-state index in [-0.39, 0.29) is 11.1 Å². The summed E-state index contributed by atoms with van der Waals surface area (Å²) in [5.41, 5.74) is 0.552. The molecule has 20 heavy (non-hydrogen) atoms. The molecule has 1 saturated heterocycles. The van der Waals surface area contributed by atoms with Crippen LogP contribution in [0.1, 0.15) is 76.2 Å². The number of nitrogens with zero attached hydrogens (tertiary/aromatic N) is 3. The Morgan fingerprint density at radius 2 is 1.10 bits per heavy atom. The average molecular weight is 389 g/mol. The van der Waals surface area contributed by atoms with Gasteiger partial charge in [-0.25, -0.2) is 0 Å². The van der Waals surface area contributed by atoms with Crippen molar-refractivity contribution in [1.82, 2.24) is 9.36 Å². The van der Waals surface area contributed by atoms with Gasteiger partial charge in [0.15, 0.2) is 0 Å². The van der Waals surface area contributed by atoms with Crippen molar-refractivity contribution < 1.29 is 0 Å². The summed E-state index contributed by atoms with van der Waals surface area (Å²) < 4.78 is 8.53. The van der Waals surface area contributed by atoms with Gasteiger partial charge in [-0.2, -0.15) is 0 Å². The molecule has 1 aliphatic rings. The molecule has 1 heterocycles. The topological polar surface area (TPSA) is 9.72 Å². The quantitative estimate of drug-likeness (QED) is 0.683. The van der Waals surface area contributed by atoms with Crippen LogP contribution in [0, 0.1) is 0 Å². The molecule has 1 aliphatic heterocycles. The second-order valence-electron chi connectivity index (χ2n) is 8.61. The van der Waals surface area contributed by atoms with Crippen LogP contribution in [0.15, 0.2) is 0 Å². The van der Waals surface area contributed by atoms with Crippen LogP contribution in [0.25, 0.3) is 0 Å². The summed E-state index contributed by atoms with van der Waals surface area (Å²) in [6, 6.07) is 1.26. The van der Waals surface area contributed by atoms with Gasteiger partial charge in [0.1, 0.15) is 0 Å². The van der Waals surface area contributed by atoms with Gasteiger partial charge in [-0.1, -0.05) is 0 Å². The summed E-state index contributed by atoms with van der Waals surface area (Å²) in [5.74, 6) is 0. The third-order valence-corrected chi connectivity index (χ3v) is 16.7. The van der Waals surface area contributed by atoms with E-state index in [1.54, 1.807) is 0 Å². The molecule has 0 aromatic heterocycles. The van der Waals surface area contributed by atoms with E-state index in [1.807, 2.05) is 0 Å². The predicted molar refractivity (Wildman–Crippen MR) is 90.5 cm³/mol. The molecule has 0 amide bonds. The fourth-order valence-electron chi connectivity index (χ4n) is 3.54. The molecular weight excluding hydrogens is 353 g/mol. The van der Waals surface area contributed by atoms with Crippen molar-refractivity contribution in [2.24, 2.45) is 0 Å². The summed E-state index contributed by atoms with van der Waals surface area (Å²) in [5, 5.41) is 0. The standard InChI is InChI=1S/C10H22N2.C6H14N.Sn/c1-8(11-9(2,3)4)12-10(5,6)7;1-5(2)7-6(3)4;/h8H,1-7H3;5-6H,1-4H3;/q-2;-1;+3.